The number of hydrogen-bond donors (Lipinski definition) is 1. The maximum Gasteiger partial charge on any atom is 0.267 e. The summed E-state index contributed by atoms with van der Waals surface area (Å²) in [7, 11) is 0. The summed E-state index contributed by atoms with van der Waals surface area (Å²) >= 11 is 0. The zero-order chi connectivity index (χ0) is 14.6. The number of nitrogens with one attached hydrogen (secondary N) is 1. The molecule has 0 atom stereocenters. The standard InChI is InChI=1S/C15H8N4O2/c16-6-8-1-2-12-9(5-8)13(20)14-18-11-3-4-17-7-10(11)15(21)19(12)14/h1-7,16H. The van der Waals surface area contributed by atoms with Crippen molar-refractivity contribution in [3.8, 4) is 5.69 Å². The number of rotatable bonds is 1. The average Bonchev–Trinajstić information content (AvgIpc) is 2.80. The summed E-state index contributed by atoms with van der Waals surface area (Å²) in [4.78, 5) is 33.2. The van der Waals surface area contributed by atoms with Crippen LogP contribution in [-0.4, -0.2) is 26.5 Å². The van der Waals surface area contributed by atoms with E-state index in [1.54, 1.807) is 24.3 Å². The molecule has 0 saturated heterocycles. The zero-order valence-electron chi connectivity index (χ0n) is 10.7. The highest BCUT2D eigenvalue weighted by Gasteiger charge is 2.30. The van der Waals surface area contributed by atoms with Gasteiger partial charge in [-0.05, 0) is 23.8 Å². The van der Waals surface area contributed by atoms with Crippen molar-refractivity contribution >= 4 is 22.9 Å². The fourth-order valence-electron chi connectivity index (χ4n) is 2.55. The van der Waals surface area contributed by atoms with Gasteiger partial charge in [-0.1, -0.05) is 6.07 Å². The third-order valence-electron chi connectivity index (χ3n) is 3.55. The zero-order valence-corrected chi connectivity index (χ0v) is 10.7. The molecule has 0 unspecified atom stereocenters. The number of pyridine rings is 1. The Labute approximate surface area is 118 Å². The van der Waals surface area contributed by atoms with Crippen LogP contribution in [0.15, 0.2) is 41.5 Å². The molecule has 4 rings (SSSR count). The monoisotopic (exact) mass is 276 g/mol. The number of benzene rings is 1. The summed E-state index contributed by atoms with van der Waals surface area (Å²) in [6, 6.07) is 6.56. The highest BCUT2D eigenvalue weighted by Crippen LogP contribution is 2.26. The quantitative estimate of drug-likeness (QED) is 0.531. The molecule has 0 spiro atoms. The lowest BCUT2D eigenvalue weighted by molar-refractivity contribution is 0.103. The van der Waals surface area contributed by atoms with Crippen molar-refractivity contribution in [2.45, 2.75) is 0 Å². The van der Waals surface area contributed by atoms with Crippen LogP contribution >= 0.6 is 0 Å². The van der Waals surface area contributed by atoms with Gasteiger partial charge in [0.15, 0.2) is 5.82 Å². The van der Waals surface area contributed by atoms with Crippen molar-refractivity contribution in [1.82, 2.24) is 14.5 Å². The number of carbonyl (C=O) groups excluding carboxylic acids is 1. The minimum atomic E-state index is -0.308. The van der Waals surface area contributed by atoms with Gasteiger partial charge < -0.3 is 5.41 Å². The highest BCUT2D eigenvalue weighted by molar-refractivity contribution is 6.14. The van der Waals surface area contributed by atoms with Gasteiger partial charge in [-0.2, -0.15) is 0 Å². The Morgan fingerprint density at radius 2 is 2.05 bits per heavy atom. The third-order valence-corrected chi connectivity index (χ3v) is 3.55. The lowest BCUT2D eigenvalue weighted by Crippen LogP contribution is -2.21. The summed E-state index contributed by atoms with van der Waals surface area (Å²) in [5.74, 6) is -0.194. The molecule has 2 aromatic heterocycles. The van der Waals surface area contributed by atoms with Crippen molar-refractivity contribution in [3.63, 3.8) is 0 Å². The first-order chi connectivity index (χ1) is 10.2. The maximum absolute atomic E-state index is 12.6. The predicted octanol–water partition coefficient (Wildman–Crippen LogP) is 1.32. The van der Waals surface area contributed by atoms with Crippen LogP contribution in [0.5, 0.6) is 0 Å². The van der Waals surface area contributed by atoms with E-state index in [2.05, 4.69) is 9.97 Å². The normalized spacial score (nSPS) is 12.3. The molecule has 1 aromatic carbocycles. The van der Waals surface area contributed by atoms with Gasteiger partial charge in [-0.25, -0.2) is 4.98 Å². The molecule has 3 heterocycles. The van der Waals surface area contributed by atoms with E-state index in [0.29, 0.717) is 27.7 Å². The van der Waals surface area contributed by atoms with E-state index in [1.807, 2.05) is 0 Å². The summed E-state index contributed by atoms with van der Waals surface area (Å²) in [5.41, 5.74) is 1.65. The van der Waals surface area contributed by atoms with E-state index in [-0.39, 0.29) is 17.2 Å². The number of nitrogens with zero attached hydrogens (tertiary/aromatic N) is 3. The predicted molar refractivity (Wildman–Crippen MR) is 76.5 cm³/mol. The maximum atomic E-state index is 12.6. The van der Waals surface area contributed by atoms with Crippen LogP contribution in [-0.2, 0) is 0 Å². The van der Waals surface area contributed by atoms with Gasteiger partial charge in [-0.3, -0.25) is 19.1 Å². The van der Waals surface area contributed by atoms with Crippen LogP contribution in [0, 0.1) is 5.41 Å². The molecule has 1 aliphatic heterocycles. The van der Waals surface area contributed by atoms with Gasteiger partial charge in [0.05, 0.1) is 22.2 Å². The van der Waals surface area contributed by atoms with Gasteiger partial charge in [0.25, 0.3) is 5.56 Å². The Morgan fingerprint density at radius 1 is 1.19 bits per heavy atom. The summed E-state index contributed by atoms with van der Waals surface area (Å²) in [6.45, 7) is 0. The Balaban J connectivity index is 2.15. The van der Waals surface area contributed by atoms with E-state index in [4.69, 9.17) is 5.41 Å². The molecule has 6 nitrogen and oxygen atoms in total. The number of aromatic nitrogens is 3. The molecule has 0 bridgehead atoms. The molecule has 0 amide bonds. The summed E-state index contributed by atoms with van der Waals surface area (Å²) < 4.78 is 1.31. The molecule has 1 N–H and O–H groups in total. The SMILES string of the molecule is N=Cc1ccc2c(c1)C(=O)c1nc3ccncc3c(=O)n1-2. The highest BCUT2D eigenvalue weighted by atomic mass is 16.1. The Kier molecular flexibility index (Phi) is 2.18. The lowest BCUT2D eigenvalue weighted by atomic mass is 10.1. The van der Waals surface area contributed by atoms with Crippen LogP contribution in [0.3, 0.4) is 0 Å². The lowest BCUT2D eigenvalue weighted by Gasteiger charge is -2.05. The fraction of sp³-hybridized carbons (Fsp3) is 0. The number of carbonyl (C=O) groups is 1. The van der Waals surface area contributed by atoms with E-state index < -0.39 is 0 Å². The minimum absolute atomic E-state index is 0.107. The average molecular weight is 276 g/mol. The van der Waals surface area contributed by atoms with Crippen LogP contribution in [0.4, 0.5) is 0 Å². The van der Waals surface area contributed by atoms with Crippen LogP contribution in [0.2, 0.25) is 0 Å². The first kappa shape index (κ1) is 11.7. The molecule has 6 heteroatoms. The van der Waals surface area contributed by atoms with Crippen molar-refractivity contribution in [3.05, 3.63) is 64.0 Å². The fourth-order valence-corrected chi connectivity index (χ4v) is 2.55. The van der Waals surface area contributed by atoms with Gasteiger partial charge in [0.1, 0.15) is 0 Å². The first-order valence-electron chi connectivity index (χ1n) is 6.27. The molecule has 100 valence electrons. The van der Waals surface area contributed by atoms with E-state index in [1.165, 1.54) is 17.0 Å². The van der Waals surface area contributed by atoms with Crippen LogP contribution in [0.25, 0.3) is 16.6 Å². The third kappa shape index (κ3) is 1.44. The van der Waals surface area contributed by atoms with Gasteiger partial charge >= 0.3 is 0 Å². The van der Waals surface area contributed by atoms with E-state index in [9.17, 15) is 9.59 Å². The topological polar surface area (TPSA) is 88.7 Å². The van der Waals surface area contributed by atoms with Gasteiger partial charge in [-0.15, -0.1) is 0 Å². The molecule has 3 aromatic rings. The Bertz CT molecular complexity index is 1000. The van der Waals surface area contributed by atoms with Crippen molar-refractivity contribution in [2.24, 2.45) is 0 Å². The molecule has 0 radical (unpaired) electrons. The second kappa shape index (κ2) is 3.92. The summed E-state index contributed by atoms with van der Waals surface area (Å²) in [5, 5.41) is 7.64. The van der Waals surface area contributed by atoms with Crippen molar-refractivity contribution in [2.75, 3.05) is 0 Å². The molecule has 21 heavy (non-hydrogen) atoms. The molecular weight excluding hydrogens is 268 g/mol. The van der Waals surface area contributed by atoms with E-state index >= 15 is 0 Å². The van der Waals surface area contributed by atoms with Crippen LogP contribution in [0.1, 0.15) is 21.7 Å². The summed E-state index contributed by atoms with van der Waals surface area (Å²) in [6.07, 6.45) is 4.14. The molecule has 1 aliphatic rings. The Hall–Kier alpha value is -3.15. The van der Waals surface area contributed by atoms with Gasteiger partial charge in [0.2, 0.25) is 5.78 Å². The smallest absolute Gasteiger partial charge is 0.267 e. The number of hydrogen-bond acceptors (Lipinski definition) is 5. The molecular formula is C15H8N4O2. The largest absolute Gasteiger partial charge is 0.308 e. The second-order valence-corrected chi connectivity index (χ2v) is 4.72. The molecule has 0 saturated carbocycles. The Morgan fingerprint density at radius 3 is 2.86 bits per heavy atom. The number of fused-ring (bicyclic) bond motifs is 4. The van der Waals surface area contributed by atoms with Crippen LogP contribution < -0.4 is 5.56 Å². The second-order valence-electron chi connectivity index (χ2n) is 4.72. The van der Waals surface area contributed by atoms with Crippen molar-refractivity contribution in [1.29, 1.82) is 5.41 Å². The number of ketones is 1. The van der Waals surface area contributed by atoms with E-state index in [0.717, 1.165) is 6.21 Å². The molecule has 0 fully saturated rings. The van der Waals surface area contributed by atoms with Gasteiger partial charge in [0, 0.05) is 18.6 Å². The first-order valence-corrected chi connectivity index (χ1v) is 6.27. The molecule has 0 aliphatic carbocycles. The minimum Gasteiger partial charge on any atom is -0.308 e. The van der Waals surface area contributed by atoms with Crippen molar-refractivity contribution < 1.29 is 4.79 Å².